The predicted octanol–water partition coefficient (Wildman–Crippen LogP) is 3.87. The number of pyridine rings is 1. The maximum absolute atomic E-state index is 12.5. The lowest BCUT2D eigenvalue weighted by molar-refractivity contribution is -0.137. The van der Waals surface area contributed by atoms with E-state index < -0.39 is 11.7 Å². The summed E-state index contributed by atoms with van der Waals surface area (Å²) in [6, 6.07) is 8.70. The molecule has 0 saturated carbocycles. The molecule has 0 bridgehead atoms. The van der Waals surface area contributed by atoms with Crippen LogP contribution in [0.5, 0.6) is 11.6 Å². The summed E-state index contributed by atoms with van der Waals surface area (Å²) >= 11 is 0. The quantitative estimate of drug-likeness (QED) is 0.714. The molecule has 1 aromatic carbocycles. The van der Waals surface area contributed by atoms with E-state index in [1.165, 1.54) is 0 Å². The number of hydrogen-bond acceptors (Lipinski definition) is 6. The van der Waals surface area contributed by atoms with Gasteiger partial charge in [-0.25, -0.2) is 4.98 Å². The highest BCUT2D eigenvalue weighted by atomic mass is 19.4. The Labute approximate surface area is 146 Å². The van der Waals surface area contributed by atoms with Crippen LogP contribution >= 0.6 is 0 Å². The van der Waals surface area contributed by atoms with Gasteiger partial charge in [-0.2, -0.15) is 18.2 Å². The molecule has 2 aromatic heterocycles. The van der Waals surface area contributed by atoms with E-state index >= 15 is 0 Å². The fourth-order valence-corrected chi connectivity index (χ4v) is 2.11. The van der Waals surface area contributed by atoms with Gasteiger partial charge in [0.2, 0.25) is 17.6 Å². The van der Waals surface area contributed by atoms with Gasteiger partial charge in [-0.15, -0.1) is 0 Å². The molecule has 9 heteroatoms. The summed E-state index contributed by atoms with van der Waals surface area (Å²) in [5, 5.41) is 12.7. The Morgan fingerprint density at radius 2 is 1.85 bits per heavy atom. The first kappa shape index (κ1) is 17.9. The van der Waals surface area contributed by atoms with E-state index in [1.54, 1.807) is 24.3 Å². The zero-order chi connectivity index (χ0) is 18.6. The summed E-state index contributed by atoms with van der Waals surface area (Å²) < 4.78 is 48.0. The van der Waals surface area contributed by atoms with Gasteiger partial charge in [0, 0.05) is 30.9 Å². The SMILES string of the molecule is OCCCc1nc(-c2ccc(Oc3ccc(C(F)(F)F)cn3)cc2)no1. The maximum atomic E-state index is 12.5. The zero-order valence-electron chi connectivity index (χ0n) is 13.4. The highest BCUT2D eigenvalue weighted by Gasteiger charge is 2.30. The predicted molar refractivity (Wildman–Crippen MR) is 84.5 cm³/mol. The van der Waals surface area contributed by atoms with Crippen LogP contribution < -0.4 is 4.74 Å². The minimum absolute atomic E-state index is 0.0434. The lowest BCUT2D eigenvalue weighted by Gasteiger charge is -2.08. The van der Waals surface area contributed by atoms with Crippen LogP contribution in [0.3, 0.4) is 0 Å². The average molecular weight is 365 g/mol. The third kappa shape index (κ3) is 4.37. The topological polar surface area (TPSA) is 81.3 Å². The molecule has 0 amide bonds. The summed E-state index contributed by atoms with van der Waals surface area (Å²) in [6.45, 7) is 0.0434. The van der Waals surface area contributed by atoms with Gasteiger partial charge in [-0.1, -0.05) is 5.16 Å². The lowest BCUT2D eigenvalue weighted by Crippen LogP contribution is -2.05. The molecular formula is C17H14F3N3O3. The van der Waals surface area contributed by atoms with Crippen LogP contribution in [0.4, 0.5) is 13.2 Å². The molecule has 2 heterocycles. The Bertz CT molecular complexity index is 846. The molecule has 0 aliphatic heterocycles. The number of rotatable bonds is 6. The van der Waals surface area contributed by atoms with Gasteiger partial charge in [0.15, 0.2) is 0 Å². The van der Waals surface area contributed by atoms with Gasteiger partial charge in [0.25, 0.3) is 0 Å². The van der Waals surface area contributed by atoms with Crippen molar-refractivity contribution in [2.75, 3.05) is 6.61 Å². The summed E-state index contributed by atoms with van der Waals surface area (Å²) in [5.74, 6) is 1.29. The molecule has 26 heavy (non-hydrogen) atoms. The molecule has 0 aliphatic carbocycles. The number of aliphatic hydroxyl groups excluding tert-OH is 1. The summed E-state index contributed by atoms with van der Waals surface area (Å²) in [6.07, 6.45) is -2.69. The maximum Gasteiger partial charge on any atom is 0.417 e. The van der Waals surface area contributed by atoms with Crippen molar-refractivity contribution >= 4 is 0 Å². The van der Waals surface area contributed by atoms with Crippen molar-refractivity contribution in [3.05, 3.63) is 54.0 Å². The van der Waals surface area contributed by atoms with Crippen molar-refractivity contribution in [3.8, 4) is 23.0 Å². The molecule has 0 fully saturated rings. The van der Waals surface area contributed by atoms with Crippen LogP contribution in [-0.2, 0) is 12.6 Å². The summed E-state index contributed by atoms with van der Waals surface area (Å²) in [5.41, 5.74) is -0.147. The molecule has 0 unspecified atom stereocenters. The normalized spacial score (nSPS) is 11.5. The van der Waals surface area contributed by atoms with Crippen LogP contribution in [0.2, 0.25) is 0 Å². The van der Waals surface area contributed by atoms with E-state index in [1.807, 2.05) is 0 Å². The Morgan fingerprint density at radius 1 is 1.08 bits per heavy atom. The number of hydrogen-bond donors (Lipinski definition) is 1. The number of halogens is 3. The number of benzene rings is 1. The molecule has 3 rings (SSSR count). The second kappa shape index (κ2) is 7.52. The third-order valence-electron chi connectivity index (χ3n) is 3.42. The molecule has 0 aliphatic rings. The van der Waals surface area contributed by atoms with Gasteiger partial charge in [0.1, 0.15) is 5.75 Å². The van der Waals surface area contributed by atoms with E-state index in [2.05, 4.69) is 15.1 Å². The summed E-state index contributed by atoms with van der Waals surface area (Å²) in [7, 11) is 0. The first-order chi connectivity index (χ1) is 12.5. The van der Waals surface area contributed by atoms with Crippen LogP contribution in [0.1, 0.15) is 17.9 Å². The Balaban J connectivity index is 1.67. The van der Waals surface area contributed by atoms with Gasteiger partial charge < -0.3 is 14.4 Å². The standard InChI is InChI=1S/C17H14F3N3O3/c18-17(19,20)12-5-8-14(21-10-12)25-13-6-3-11(4-7-13)16-22-15(26-23-16)2-1-9-24/h3-8,10,24H,1-2,9H2. The monoisotopic (exact) mass is 365 g/mol. The van der Waals surface area contributed by atoms with Crippen molar-refractivity contribution in [2.24, 2.45) is 0 Å². The van der Waals surface area contributed by atoms with Gasteiger partial charge >= 0.3 is 6.18 Å². The Morgan fingerprint density at radius 3 is 2.46 bits per heavy atom. The van der Waals surface area contributed by atoms with Crippen molar-refractivity contribution < 1.29 is 27.5 Å². The second-order valence-corrected chi connectivity index (χ2v) is 5.35. The van der Waals surface area contributed by atoms with Gasteiger partial charge in [0.05, 0.1) is 5.56 Å². The molecule has 1 N–H and O–H groups in total. The highest BCUT2D eigenvalue weighted by Crippen LogP contribution is 2.30. The molecule has 3 aromatic rings. The van der Waals surface area contributed by atoms with Gasteiger partial charge in [-0.05, 0) is 36.8 Å². The molecular weight excluding hydrogens is 351 g/mol. The van der Waals surface area contributed by atoms with Crippen molar-refractivity contribution in [1.29, 1.82) is 0 Å². The fraction of sp³-hybridized carbons (Fsp3) is 0.235. The third-order valence-corrected chi connectivity index (χ3v) is 3.42. The molecule has 0 spiro atoms. The van der Waals surface area contributed by atoms with Crippen LogP contribution in [-0.4, -0.2) is 26.8 Å². The van der Waals surface area contributed by atoms with E-state index in [-0.39, 0.29) is 12.5 Å². The van der Waals surface area contributed by atoms with Gasteiger partial charge in [-0.3, -0.25) is 0 Å². The molecule has 0 atom stereocenters. The first-order valence-electron chi connectivity index (χ1n) is 7.71. The van der Waals surface area contributed by atoms with E-state index in [0.717, 1.165) is 18.3 Å². The van der Waals surface area contributed by atoms with E-state index in [0.29, 0.717) is 35.9 Å². The average Bonchev–Trinajstić information content (AvgIpc) is 3.09. The number of nitrogens with zero attached hydrogens (tertiary/aromatic N) is 3. The molecule has 0 saturated heterocycles. The number of aliphatic hydroxyl groups is 1. The fourth-order valence-electron chi connectivity index (χ4n) is 2.11. The smallest absolute Gasteiger partial charge is 0.417 e. The van der Waals surface area contributed by atoms with E-state index in [9.17, 15) is 13.2 Å². The van der Waals surface area contributed by atoms with Crippen LogP contribution in [0.15, 0.2) is 47.1 Å². The Kier molecular flexibility index (Phi) is 5.17. The van der Waals surface area contributed by atoms with Crippen LogP contribution in [0.25, 0.3) is 11.4 Å². The Hall–Kier alpha value is -2.94. The molecule has 6 nitrogen and oxygen atoms in total. The molecule has 136 valence electrons. The summed E-state index contributed by atoms with van der Waals surface area (Å²) in [4.78, 5) is 7.87. The van der Waals surface area contributed by atoms with Crippen molar-refractivity contribution in [2.45, 2.75) is 19.0 Å². The van der Waals surface area contributed by atoms with Crippen molar-refractivity contribution in [3.63, 3.8) is 0 Å². The number of aryl methyl sites for hydroxylation is 1. The van der Waals surface area contributed by atoms with Crippen LogP contribution in [0, 0.1) is 0 Å². The number of alkyl halides is 3. The zero-order valence-corrected chi connectivity index (χ0v) is 13.4. The minimum Gasteiger partial charge on any atom is -0.439 e. The van der Waals surface area contributed by atoms with E-state index in [4.69, 9.17) is 14.4 Å². The first-order valence-corrected chi connectivity index (χ1v) is 7.71. The lowest BCUT2D eigenvalue weighted by atomic mass is 10.2. The largest absolute Gasteiger partial charge is 0.439 e. The number of ether oxygens (including phenoxy) is 1. The number of aromatic nitrogens is 3. The van der Waals surface area contributed by atoms with Crippen molar-refractivity contribution in [1.82, 2.24) is 15.1 Å². The highest BCUT2D eigenvalue weighted by molar-refractivity contribution is 5.55. The molecule has 0 radical (unpaired) electrons. The second-order valence-electron chi connectivity index (χ2n) is 5.35. The minimum atomic E-state index is -4.44.